The Kier molecular flexibility index (Phi) is 4.54. The standard InChI is InChI=1S/C15H26N2O3S/c18-15(14-7-1-2-10-21(14,19)20)17-9-4-6-13(17)12-5-3-8-16-11-12/h12-14,16H,1-11H2. The number of rotatable bonds is 2. The molecule has 3 aliphatic rings. The number of hydrogen-bond acceptors (Lipinski definition) is 4. The zero-order valence-corrected chi connectivity index (χ0v) is 13.4. The highest BCUT2D eigenvalue weighted by Gasteiger charge is 2.42. The molecule has 0 radical (unpaired) electrons. The number of piperidine rings is 1. The van der Waals surface area contributed by atoms with Gasteiger partial charge in [-0.15, -0.1) is 0 Å². The fraction of sp³-hybridized carbons (Fsp3) is 0.933. The van der Waals surface area contributed by atoms with Gasteiger partial charge in [0.25, 0.3) is 0 Å². The molecular weight excluding hydrogens is 288 g/mol. The lowest BCUT2D eigenvalue weighted by Gasteiger charge is -2.36. The zero-order chi connectivity index (χ0) is 14.9. The molecule has 0 saturated carbocycles. The Morgan fingerprint density at radius 2 is 1.90 bits per heavy atom. The molecule has 0 spiro atoms. The van der Waals surface area contributed by atoms with E-state index < -0.39 is 15.1 Å². The van der Waals surface area contributed by atoms with E-state index in [4.69, 9.17) is 0 Å². The quantitative estimate of drug-likeness (QED) is 0.824. The van der Waals surface area contributed by atoms with E-state index in [1.807, 2.05) is 4.90 Å². The molecule has 3 unspecified atom stereocenters. The number of carbonyl (C=O) groups excluding carboxylic acids is 1. The van der Waals surface area contributed by atoms with Crippen molar-refractivity contribution in [2.75, 3.05) is 25.4 Å². The van der Waals surface area contributed by atoms with Crippen molar-refractivity contribution < 1.29 is 13.2 Å². The molecule has 3 fully saturated rings. The summed E-state index contributed by atoms with van der Waals surface area (Å²) in [6, 6.07) is 0.252. The Morgan fingerprint density at radius 1 is 1.05 bits per heavy atom. The molecule has 1 amide bonds. The number of nitrogens with zero attached hydrogens (tertiary/aromatic N) is 1. The summed E-state index contributed by atoms with van der Waals surface area (Å²) in [5, 5.41) is 2.65. The van der Waals surface area contributed by atoms with Gasteiger partial charge < -0.3 is 10.2 Å². The summed E-state index contributed by atoms with van der Waals surface area (Å²) in [5.74, 6) is 0.576. The van der Waals surface area contributed by atoms with Crippen molar-refractivity contribution in [1.29, 1.82) is 0 Å². The van der Waals surface area contributed by atoms with Gasteiger partial charge in [0.05, 0.1) is 5.75 Å². The van der Waals surface area contributed by atoms with Gasteiger partial charge in [-0.1, -0.05) is 6.42 Å². The van der Waals surface area contributed by atoms with E-state index in [1.165, 1.54) is 0 Å². The molecule has 0 aromatic heterocycles. The van der Waals surface area contributed by atoms with Gasteiger partial charge in [-0.25, -0.2) is 8.42 Å². The Morgan fingerprint density at radius 3 is 2.62 bits per heavy atom. The molecule has 6 heteroatoms. The van der Waals surface area contributed by atoms with Gasteiger partial charge in [-0.05, 0) is 57.5 Å². The summed E-state index contributed by atoms with van der Waals surface area (Å²) < 4.78 is 24.4. The first-order valence-corrected chi connectivity index (χ1v) is 10.0. The van der Waals surface area contributed by atoms with Crippen molar-refractivity contribution in [3.8, 4) is 0 Å². The minimum absolute atomic E-state index is 0.109. The number of likely N-dealkylation sites (tertiary alicyclic amines) is 1. The van der Waals surface area contributed by atoms with E-state index in [-0.39, 0.29) is 17.7 Å². The first-order chi connectivity index (χ1) is 10.1. The Labute approximate surface area is 127 Å². The van der Waals surface area contributed by atoms with E-state index in [0.717, 1.165) is 51.7 Å². The largest absolute Gasteiger partial charge is 0.338 e. The number of amides is 1. The van der Waals surface area contributed by atoms with Crippen molar-refractivity contribution in [3.63, 3.8) is 0 Å². The normalized spacial score (nSPS) is 36.6. The molecule has 0 aliphatic carbocycles. The van der Waals surface area contributed by atoms with Crippen LogP contribution < -0.4 is 5.32 Å². The third kappa shape index (κ3) is 3.11. The van der Waals surface area contributed by atoms with Gasteiger partial charge in [-0.3, -0.25) is 4.79 Å². The van der Waals surface area contributed by atoms with Gasteiger partial charge >= 0.3 is 0 Å². The molecule has 3 aliphatic heterocycles. The zero-order valence-electron chi connectivity index (χ0n) is 12.6. The van der Waals surface area contributed by atoms with Gasteiger partial charge in [0.2, 0.25) is 5.91 Å². The van der Waals surface area contributed by atoms with Gasteiger partial charge in [-0.2, -0.15) is 0 Å². The molecule has 5 nitrogen and oxygen atoms in total. The van der Waals surface area contributed by atoms with Crippen molar-refractivity contribution in [1.82, 2.24) is 10.2 Å². The minimum Gasteiger partial charge on any atom is -0.338 e. The van der Waals surface area contributed by atoms with E-state index in [1.54, 1.807) is 0 Å². The van der Waals surface area contributed by atoms with Crippen LogP contribution in [0.2, 0.25) is 0 Å². The lowest BCUT2D eigenvalue weighted by atomic mass is 9.90. The van der Waals surface area contributed by atoms with Crippen LogP contribution in [0.25, 0.3) is 0 Å². The molecule has 3 atom stereocenters. The number of sulfone groups is 1. The molecule has 3 rings (SSSR count). The Hall–Kier alpha value is -0.620. The smallest absolute Gasteiger partial charge is 0.241 e. The van der Waals surface area contributed by atoms with Crippen molar-refractivity contribution in [2.24, 2.45) is 5.92 Å². The van der Waals surface area contributed by atoms with E-state index in [0.29, 0.717) is 18.8 Å². The van der Waals surface area contributed by atoms with Gasteiger partial charge in [0, 0.05) is 12.6 Å². The number of carbonyl (C=O) groups is 1. The van der Waals surface area contributed by atoms with Gasteiger partial charge in [0.1, 0.15) is 5.25 Å². The van der Waals surface area contributed by atoms with Gasteiger partial charge in [0.15, 0.2) is 9.84 Å². The Bertz CT molecular complexity index is 485. The monoisotopic (exact) mass is 314 g/mol. The Balaban J connectivity index is 1.73. The molecule has 120 valence electrons. The predicted octanol–water partition coefficient (Wildman–Crippen LogP) is 0.944. The predicted molar refractivity (Wildman–Crippen MR) is 81.8 cm³/mol. The lowest BCUT2D eigenvalue weighted by Crippen LogP contribution is -2.51. The third-order valence-corrected chi connectivity index (χ3v) is 7.48. The topological polar surface area (TPSA) is 66.5 Å². The molecule has 1 N–H and O–H groups in total. The molecule has 0 bridgehead atoms. The summed E-state index contributed by atoms with van der Waals surface area (Å²) in [7, 11) is -3.22. The first-order valence-electron chi connectivity index (χ1n) is 8.32. The first kappa shape index (κ1) is 15.3. The molecular formula is C15H26N2O3S. The third-order valence-electron chi connectivity index (χ3n) is 5.32. The summed E-state index contributed by atoms with van der Waals surface area (Å²) in [6.07, 6.45) is 6.45. The van der Waals surface area contributed by atoms with Crippen LogP contribution in [-0.2, 0) is 14.6 Å². The van der Waals surface area contributed by atoms with Crippen LogP contribution in [0.3, 0.4) is 0 Å². The second-order valence-electron chi connectivity index (χ2n) is 6.70. The second-order valence-corrected chi connectivity index (χ2v) is 9.00. The summed E-state index contributed by atoms with van der Waals surface area (Å²) in [6.45, 7) is 2.77. The molecule has 0 aromatic rings. The van der Waals surface area contributed by atoms with Crippen molar-refractivity contribution >= 4 is 15.7 Å². The maximum absolute atomic E-state index is 12.8. The van der Waals surface area contributed by atoms with Crippen LogP contribution in [-0.4, -0.2) is 55.9 Å². The van der Waals surface area contributed by atoms with E-state index in [2.05, 4.69) is 5.32 Å². The van der Waals surface area contributed by atoms with Crippen LogP contribution in [0.15, 0.2) is 0 Å². The van der Waals surface area contributed by atoms with Crippen molar-refractivity contribution in [2.45, 2.75) is 56.2 Å². The summed E-state index contributed by atoms with van der Waals surface area (Å²) in [4.78, 5) is 14.7. The molecule has 3 heterocycles. The molecule has 0 aromatic carbocycles. The fourth-order valence-corrected chi connectivity index (χ4v) is 6.04. The second kappa shape index (κ2) is 6.24. The lowest BCUT2D eigenvalue weighted by molar-refractivity contribution is -0.132. The molecule has 3 saturated heterocycles. The van der Waals surface area contributed by atoms with Crippen molar-refractivity contribution in [3.05, 3.63) is 0 Å². The minimum atomic E-state index is -3.22. The highest BCUT2D eigenvalue weighted by Crippen LogP contribution is 2.31. The average molecular weight is 314 g/mol. The number of nitrogens with one attached hydrogen (secondary N) is 1. The summed E-state index contributed by atoms with van der Waals surface area (Å²) in [5.41, 5.74) is 0. The summed E-state index contributed by atoms with van der Waals surface area (Å²) >= 11 is 0. The average Bonchev–Trinajstić information content (AvgIpc) is 2.96. The fourth-order valence-electron chi connectivity index (χ4n) is 4.18. The van der Waals surface area contributed by atoms with E-state index >= 15 is 0 Å². The van der Waals surface area contributed by atoms with Crippen LogP contribution >= 0.6 is 0 Å². The van der Waals surface area contributed by atoms with E-state index in [9.17, 15) is 13.2 Å². The van der Waals surface area contributed by atoms with Crippen LogP contribution in [0, 0.1) is 5.92 Å². The SMILES string of the molecule is O=C(C1CCCCS1(=O)=O)N1CCCC1C1CCCNC1. The number of hydrogen-bond donors (Lipinski definition) is 1. The maximum Gasteiger partial charge on any atom is 0.241 e. The molecule has 21 heavy (non-hydrogen) atoms. The highest BCUT2D eigenvalue weighted by atomic mass is 32.2. The highest BCUT2D eigenvalue weighted by molar-refractivity contribution is 7.92. The van der Waals surface area contributed by atoms with Crippen LogP contribution in [0.1, 0.15) is 44.9 Å². The van der Waals surface area contributed by atoms with Crippen LogP contribution in [0.4, 0.5) is 0 Å². The van der Waals surface area contributed by atoms with Crippen LogP contribution in [0.5, 0.6) is 0 Å². The maximum atomic E-state index is 12.8.